The maximum Gasteiger partial charge on any atom is 0.124 e. The van der Waals surface area contributed by atoms with E-state index in [0.29, 0.717) is 0 Å². The first-order valence-electron chi connectivity index (χ1n) is 5.38. The lowest BCUT2D eigenvalue weighted by Crippen LogP contribution is -2.09. The van der Waals surface area contributed by atoms with Crippen LogP contribution in [0, 0.1) is 0 Å². The van der Waals surface area contributed by atoms with E-state index < -0.39 is 0 Å². The molecule has 0 fully saturated rings. The maximum atomic E-state index is 4.45. The monoisotopic (exact) mass is 244 g/mol. The summed E-state index contributed by atoms with van der Waals surface area (Å²) in [4.78, 5) is 1.62. The lowest BCUT2D eigenvalue weighted by molar-refractivity contribution is 0.640. The number of hydrogen-bond donors (Lipinski definition) is 1. The maximum absolute atomic E-state index is 4.45. The minimum atomic E-state index is 0.166. The zero-order chi connectivity index (χ0) is 11.7. The van der Waals surface area contributed by atoms with Gasteiger partial charge < -0.3 is 5.32 Å². The Bertz CT molecular complexity index is 539. The highest BCUT2D eigenvalue weighted by Gasteiger charge is 2.22. The highest BCUT2D eigenvalue weighted by atomic mass is 32.2. The van der Waals surface area contributed by atoms with Gasteiger partial charge in [0, 0.05) is 18.8 Å². The number of aromatic nitrogens is 3. The van der Waals surface area contributed by atoms with Crippen molar-refractivity contribution in [2.45, 2.75) is 5.37 Å². The fourth-order valence-corrected chi connectivity index (χ4v) is 2.59. The Morgan fingerprint density at radius 1 is 1.24 bits per heavy atom. The number of rotatable bonds is 2. The van der Waals surface area contributed by atoms with Crippen LogP contribution in [0.25, 0.3) is 11.3 Å². The number of nitrogens with one attached hydrogen (secondary N) is 1. The van der Waals surface area contributed by atoms with Gasteiger partial charge in [-0.15, -0.1) is 11.8 Å². The molecule has 1 N–H and O–H groups in total. The molecule has 1 aromatic heterocycles. The largest absolute Gasteiger partial charge is 0.373 e. The summed E-state index contributed by atoms with van der Waals surface area (Å²) in [6.07, 6.45) is 1.94. The van der Waals surface area contributed by atoms with Crippen molar-refractivity contribution in [1.82, 2.24) is 20.3 Å². The lowest BCUT2D eigenvalue weighted by Gasteiger charge is -2.08. The van der Waals surface area contributed by atoms with Crippen LogP contribution in [0.15, 0.2) is 41.9 Å². The van der Waals surface area contributed by atoms with Crippen LogP contribution in [0.4, 0.5) is 0 Å². The Balaban J connectivity index is 2.04. The van der Waals surface area contributed by atoms with Crippen molar-refractivity contribution >= 4 is 11.8 Å². The normalized spacial score (nSPS) is 18.3. The first-order valence-corrected chi connectivity index (χ1v) is 6.32. The molecular formula is C12H12N4S. The van der Waals surface area contributed by atoms with Gasteiger partial charge in [0.05, 0.1) is 0 Å². The van der Waals surface area contributed by atoms with E-state index in [2.05, 4.69) is 27.6 Å². The van der Waals surface area contributed by atoms with E-state index >= 15 is 0 Å². The number of thioether (sulfide) groups is 1. The Morgan fingerprint density at radius 2 is 2.06 bits per heavy atom. The average molecular weight is 244 g/mol. The molecule has 1 aliphatic heterocycles. The van der Waals surface area contributed by atoms with Gasteiger partial charge in [0.25, 0.3) is 0 Å². The number of aryl methyl sites for hydroxylation is 1. The van der Waals surface area contributed by atoms with E-state index in [1.807, 2.05) is 36.9 Å². The predicted octanol–water partition coefficient (Wildman–Crippen LogP) is 2.29. The van der Waals surface area contributed by atoms with Crippen LogP contribution in [0.5, 0.6) is 0 Å². The van der Waals surface area contributed by atoms with Gasteiger partial charge in [-0.05, 0) is 5.41 Å². The van der Waals surface area contributed by atoms with Crippen molar-refractivity contribution < 1.29 is 0 Å². The van der Waals surface area contributed by atoms with E-state index in [1.54, 1.807) is 16.6 Å². The molecule has 1 aliphatic rings. The van der Waals surface area contributed by atoms with E-state index in [0.717, 1.165) is 17.0 Å². The first kappa shape index (κ1) is 10.4. The molecule has 4 nitrogen and oxygen atoms in total. The number of hydrogen-bond acceptors (Lipinski definition) is 4. The van der Waals surface area contributed by atoms with Gasteiger partial charge >= 0.3 is 0 Å². The summed E-state index contributed by atoms with van der Waals surface area (Å²) < 4.78 is 0. The first-order chi connectivity index (χ1) is 8.34. The van der Waals surface area contributed by atoms with E-state index in [-0.39, 0.29) is 5.37 Å². The van der Waals surface area contributed by atoms with E-state index in [4.69, 9.17) is 0 Å². The van der Waals surface area contributed by atoms with Crippen LogP contribution in [-0.2, 0) is 7.05 Å². The van der Waals surface area contributed by atoms with Crippen molar-refractivity contribution in [3.05, 3.63) is 47.6 Å². The molecule has 2 aromatic rings. The van der Waals surface area contributed by atoms with Crippen molar-refractivity contribution in [3.8, 4) is 11.3 Å². The molecule has 0 radical (unpaired) electrons. The molecule has 0 saturated heterocycles. The van der Waals surface area contributed by atoms with Crippen LogP contribution in [-0.4, -0.2) is 15.0 Å². The summed E-state index contributed by atoms with van der Waals surface area (Å²) in [5.41, 5.74) is 3.03. The smallest absolute Gasteiger partial charge is 0.124 e. The summed E-state index contributed by atoms with van der Waals surface area (Å²) in [7, 11) is 1.85. The fourth-order valence-electron chi connectivity index (χ4n) is 1.83. The molecule has 1 atom stereocenters. The van der Waals surface area contributed by atoms with Crippen LogP contribution < -0.4 is 5.32 Å². The quantitative estimate of drug-likeness (QED) is 0.880. The van der Waals surface area contributed by atoms with Crippen LogP contribution >= 0.6 is 11.8 Å². The molecule has 2 heterocycles. The molecule has 1 unspecified atom stereocenters. The molecular weight excluding hydrogens is 232 g/mol. The summed E-state index contributed by atoms with van der Waals surface area (Å²) in [5, 5.41) is 14.4. The average Bonchev–Trinajstić information content (AvgIpc) is 2.98. The molecule has 0 amide bonds. The van der Waals surface area contributed by atoms with E-state index in [9.17, 15) is 0 Å². The van der Waals surface area contributed by atoms with Gasteiger partial charge in [-0.1, -0.05) is 30.3 Å². The van der Waals surface area contributed by atoms with Crippen molar-refractivity contribution in [3.63, 3.8) is 0 Å². The third-order valence-corrected chi connectivity index (χ3v) is 3.49. The third-order valence-electron chi connectivity index (χ3n) is 2.57. The Hall–Kier alpha value is -1.75. The third kappa shape index (κ3) is 1.93. The standard InChI is InChI=1S/C12H12N4S/c1-16-14-10(9-5-3-2-4-6-9)11(15-16)12-13-7-8-17-12/h2-8,12-13H,1H3. The van der Waals surface area contributed by atoms with Gasteiger partial charge in [0.1, 0.15) is 16.8 Å². The fraction of sp³-hybridized carbons (Fsp3) is 0.167. The number of nitrogens with zero attached hydrogens (tertiary/aromatic N) is 3. The van der Waals surface area contributed by atoms with E-state index in [1.165, 1.54) is 0 Å². The van der Waals surface area contributed by atoms with Crippen LogP contribution in [0.3, 0.4) is 0 Å². The Labute approximate surface area is 104 Å². The van der Waals surface area contributed by atoms with Crippen LogP contribution in [0.2, 0.25) is 0 Å². The Kier molecular flexibility index (Phi) is 2.60. The molecule has 86 valence electrons. The van der Waals surface area contributed by atoms with Crippen LogP contribution in [0.1, 0.15) is 11.1 Å². The molecule has 0 saturated carbocycles. The van der Waals surface area contributed by atoms with Gasteiger partial charge in [-0.25, -0.2) is 0 Å². The van der Waals surface area contributed by atoms with Gasteiger partial charge in [-0.3, -0.25) is 0 Å². The highest BCUT2D eigenvalue weighted by molar-refractivity contribution is 8.02. The highest BCUT2D eigenvalue weighted by Crippen LogP contribution is 2.34. The molecule has 0 spiro atoms. The molecule has 1 aromatic carbocycles. The summed E-state index contributed by atoms with van der Waals surface area (Å²) in [6.45, 7) is 0. The predicted molar refractivity (Wildman–Crippen MR) is 69.0 cm³/mol. The molecule has 0 aliphatic carbocycles. The second-order valence-electron chi connectivity index (χ2n) is 3.77. The van der Waals surface area contributed by atoms with Gasteiger partial charge in [-0.2, -0.15) is 15.0 Å². The number of benzene rings is 1. The minimum absolute atomic E-state index is 0.166. The molecule has 3 rings (SSSR count). The van der Waals surface area contributed by atoms with Crippen molar-refractivity contribution in [2.24, 2.45) is 7.05 Å². The zero-order valence-corrected chi connectivity index (χ0v) is 10.2. The minimum Gasteiger partial charge on any atom is -0.373 e. The van der Waals surface area contributed by atoms with Gasteiger partial charge in [0.15, 0.2) is 0 Å². The Morgan fingerprint density at radius 3 is 2.76 bits per heavy atom. The topological polar surface area (TPSA) is 42.7 Å². The second kappa shape index (κ2) is 4.25. The summed E-state index contributed by atoms with van der Waals surface area (Å²) in [5.74, 6) is 0. The molecule has 0 bridgehead atoms. The zero-order valence-electron chi connectivity index (χ0n) is 9.37. The van der Waals surface area contributed by atoms with Crippen molar-refractivity contribution in [2.75, 3.05) is 0 Å². The van der Waals surface area contributed by atoms with Crippen molar-refractivity contribution in [1.29, 1.82) is 0 Å². The molecule has 5 heteroatoms. The summed E-state index contributed by atoms with van der Waals surface area (Å²) >= 11 is 1.71. The lowest BCUT2D eigenvalue weighted by atomic mass is 10.1. The second-order valence-corrected chi connectivity index (χ2v) is 4.79. The van der Waals surface area contributed by atoms with Gasteiger partial charge in [0.2, 0.25) is 0 Å². The SMILES string of the molecule is Cn1nc(-c2ccccc2)c(C2NC=CS2)n1. The summed E-state index contributed by atoms with van der Waals surface area (Å²) in [6, 6.07) is 10.1. The molecule has 17 heavy (non-hydrogen) atoms.